The largest absolute Gasteiger partial charge is 0.491 e. The minimum atomic E-state index is -0.381. The van der Waals surface area contributed by atoms with Crippen molar-refractivity contribution in [3.63, 3.8) is 0 Å². The summed E-state index contributed by atoms with van der Waals surface area (Å²) in [5, 5.41) is 2.96. The van der Waals surface area contributed by atoms with Crippen molar-refractivity contribution >= 4 is 22.6 Å². The van der Waals surface area contributed by atoms with Gasteiger partial charge in [-0.2, -0.15) is 0 Å². The molecule has 0 spiro atoms. The lowest BCUT2D eigenvalue weighted by Gasteiger charge is -2.16. The van der Waals surface area contributed by atoms with E-state index in [4.69, 9.17) is 9.47 Å². The molecule has 1 aromatic heterocycles. The number of carbonyl (C=O) groups is 1. The molecule has 0 bridgehead atoms. The molecular weight excluding hydrogens is 342 g/mol. The van der Waals surface area contributed by atoms with Crippen LogP contribution in [0.15, 0.2) is 54.9 Å². The Bertz CT molecular complexity index is 931. The van der Waals surface area contributed by atoms with Crippen LogP contribution in [0.2, 0.25) is 0 Å². The van der Waals surface area contributed by atoms with Gasteiger partial charge in [-0.15, -0.1) is 0 Å². The molecule has 6 heteroatoms. The summed E-state index contributed by atoms with van der Waals surface area (Å²) in [6, 6.07) is 14.9. The van der Waals surface area contributed by atoms with Crippen molar-refractivity contribution in [2.24, 2.45) is 0 Å². The van der Waals surface area contributed by atoms with Crippen LogP contribution < -0.4 is 10.1 Å². The molecule has 0 radical (unpaired) electrons. The number of imidazole rings is 1. The second kappa shape index (κ2) is 7.80. The van der Waals surface area contributed by atoms with E-state index in [9.17, 15) is 4.79 Å². The van der Waals surface area contributed by atoms with Crippen molar-refractivity contribution in [3.8, 4) is 5.75 Å². The maximum atomic E-state index is 12.7. The predicted octanol–water partition coefficient (Wildman–Crippen LogP) is 3.79. The summed E-state index contributed by atoms with van der Waals surface area (Å²) in [4.78, 5) is 17.1. The fourth-order valence-corrected chi connectivity index (χ4v) is 3.29. The number of anilines is 1. The van der Waals surface area contributed by atoms with Crippen LogP contribution >= 0.6 is 0 Å². The molecular formula is C21H23N3O3. The average Bonchev–Trinajstić information content (AvgIpc) is 3.36. The number of nitrogens with zero attached hydrogens (tertiary/aromatic N) is 2. The van der Waals surface area contributed by atoms with E-state index in [0.717, 1.165) is 36.2 Å². The summed E-state index contributed by atoms with van der Waals surface area (Å²) in [5.41, 5.74) is 2.52. The molecule has 1 amide bonds. The van der Waals surface area contributed by atoms with Gasteiger partial charge in [-0.05, 0) is 44.0 Å². The lowest BCUT2D eigenvalue weighted by molar-refractivity contribution is -0.118. The van der Waals surface area contributed by atoms with Gasteiger partial charge in [-0.25, -0.2) is 4.98 Å². The van der Waals surface area contributed by atoms with E-state index < -0.39 is 0 Å². The number of amides is 1. The molecule has 2 heterocycles. The lowest BCUT2D eigenvalue weighted by atomic mass is 10.2. The lowest BCUT2D eigenvalue weighted by Crippen LogP contribution is -2.23. The number of benzene rings is 2. The first-order valence-corrected chi connectivity index (χ1v) is 9.27. The summed E-state index contributed by atoms with van der Waals surface area (Å²) in [5.74, 6) is 0.624. The molecule has 3 aromatic rings. The zero-order valence-electron chi connectivity index (χ0n) is 15.3. The first-order chi connectivity index (χ1) is 13.2. The normalized spacial score (nSPS) is 17.7. The summed E-state index contributed by atoms with van der Waals surface area (Å²) >= 11 is 0. The quantitative estimate of drug-likeness (QED) is 0.722. The molecule has 0 unspecified atom stereocenters. The fraction of sp³-hybridized carbons (Fsp3) is 0.333. The number of hydrogen-bond acceptors (Lipinski definition) is 4. The molecule has 140 valence electrons. The van der Waals surface area contributed by atoms with E-state index in [1.54, 1.807) is 6.33 Å². The smallest absolute Gasteiger partial charge is 0.247 e. The molecule has 1 N–H and O–H groups in total. The van der Waals surface area contributed by atoms with Crippen molar-refractivity contribution < 1.29 is 14.3 Å². The molecule has 0 aliphatic carbocycles. The fourth-order valence-electron chi connectivity index (χ4n) is 3.29. The van der Waals surface area contributed by atoms with E-state index in [1.807, 2.05) is 60.0 Å². The van der Waals surface area contributed by atoms with Crippen molar-refractivity contribution in [3.05, 3.63) is 54.9 Å². The van der Waals surface area contributed by atoms with E-state index in [1.165, 1.54) is 0 Å². The maximum absolute atomic E-state index is 12.7. The Morgan fingerprint density at radius 2 is 2.22 bits per heavy atom. The van der Waals surface area contributed by atoms with Crippen LogP contribution in [0, 0.1) is 0 Å². The van der Waals surface area contributed by atoms with Crippen LogP contribution in [-0.2, 0) is 9.53 Å². The molecule has 1 fully saturated rings. The number of hydrogen-bond donors (Lipinski definition) is 1. The van der Waals surface area contributed by atoms with Crippen molar-refractivity contribution in [1.29, 1.82) is 0 Å². The molecule has 1 aliphatic rings. The highest BCUT2D eigenvalue weighted by Gasteiger charge is 2.18. The van der Waals surface area contributed by atoms with E-state index in [0.29, 0.717) is 12.3 Å². The Morgan fingerprint density at radius 3 is 3.07 bits per heavy atom. The number of nitrogens with one attached hydrogen (secondary N) is 1. The van der Waals surface area contributed by atoms with E-state index in [2.05, 4.69) is 10.3 Å². The highest BCUT2D eigenvalue weighted by atomic mass is 16.5. The van der Waals surface area contributed by atoms with Crippen LogP contribution in [0.5, 0.6) is 5.75 Å². The van der Waals surface area contributed by atoms with Crippen LogP contribution in [0.1, 0.15) is 25.8 Å². The molecule has 2 aromatic carbocycles. The average molecular weight is 365 g/mol. The topological polar surface area (TPSA) is 65.4 Å². The minimum absolute atomic E-state index is 0.102. The Morgan fingerprint density at radius 1 is 1.33 bits per heavy atom. The summed E-state index contributed by atoms with van der Waals surface area (Å²) in [6.45, 7) is 3.21. The molecule has 1 aliphatic heterocycles. The molecule has 27 heavy (non-hydrogen) atoms. The van der Waals surface area contributed by atoms with Gasteiger partial charge in [-0.3, -0.25) is 4.79 Å². The number of para-hydroxylation sites is 2. The number of ether oxygens (including phenoxy) is 2. The van der Waals surface area contributed by atoms with Gasteiger partial charge in [-0.1, -0.05) is 18.2 Å². The van der Waals surface area contributed by atoms with Crippen molar-refractivity contribution in [1.82, 2.24) is 9.55 Å². The van der Waals surface area contributed by atoms with Gasteiger partial charge in [0.2, 0.25) is 5.91 Å². The summed E-state index contributed by atoms with van der Waals surface area (Å²) in [6.07, 6.45) is 3.99. The Balaban J connectivity index is 1.42. The van der Waals surface area contributed by atoms with E-state index in [-0.39, 0.29) is 18.1 Å². The number of carbonyl (C=O) groups excluding carboxylic acids is 1. The zero-order valence-corrected chi connectivity index (χ0v) is 15.3. The standard InChI is InChI=1S/C21H23N3O3/c1-15(24-14-22-19-9-2-3-10-20(19)24)21(25)23-16-6-4-7-17(12-16)27-13-18-8-5-11-26-18/h2-4,6-7,9-10,12,14-15,18H,5,8,11,13H2,1H3,(H,23,25)/t15-,18-/m1/s1. The van der Waals surface area contributed by atoms with Crippen molar-refractivity contribution in [2.45, 2.75) is 31.9 Å². The second-order valence-electron chi connectivity index (χ2n) is 6.78. The van der Waals surface area contributed by atoms with Crippen LogP contribution in [0.25, 0.3) is 11.0 Å². The van der Waals surface area contributed by atoms with Crippen LogP contribution in [0.4, 0.5) is 5.69 Å². The highest BCUT2D eigenvalue weighted by molar-refractivity contribution is 5.94. The van der Waals surface area contributed by atoms with Gasteiger partial charge in [0, 0.05) is 18.4 Å². The Kier molecular flexibility index (Phi) is 5.07. The molecule has 4 rings (SSSR count). The second-order valence-corrected chi connectivity index (χ2v) is 6.78. The SMILES string of the molecule is C[C@H](C(=O)Nc1cccc(OC[C@H]2CCCO2)c1)n1cnc2ccccc21. The Labute approximate surface area is 158 Å². The predicted molar refractivity (Wildman–Crippen MR) is 104 cm³/mol. The third kappa shape index (κ3) is 3.95. The van der Waals surface area contributed by atoms with Gasteiger partial charge >= 0.3 is 0 Å². The first kappa shape index (κ1) is 17.5. The molecule has 6 nitrogen and oxygen atoms in total. The van der Waals surface area contributed by atoms with E-state index >= 15 is 0 Å². The van der Waals surface area contributed by atoms with Crippen LogP contribution in [-0.4, -0.2) is 34.8 Å². The van der Waals surface area contributed by atoms with Crippen LogP contribution in [0.3, 0.4) is 0 Å². The minimum Gasteiger partial charge on any atom is -0.491 e. The highest BCUT2D eigenvalue weighted by Crippen LogP contribution is 2.22. The van der Waals surface area contributed by atoms with Gasteiger partial charge in [0.1, 0.15) is 18.4 Å². The third-order valence-electron chi connectivity index (χ3n) is 4.84. The van der Waals surface area contributed by atoms with Gasteiger partial charge in [0.15, 0.2) is 0 Å². The first-order valence-electron chi connectivity index (χ1n) is 9.27. The van der Waals surface area contributed by atoms with Gasteiger partial charge in [0.05, 0.1) is 23.5 Å². The number of fused-ring (bicyclic) bond motifs is 1. The monoisotopic (exact) mass is 365 g/mol. The number of rotatable bonds is 6. The summed E-state index contributed by atoms with van der Waals surface area (Å²) in [7, 11) is 0. The maximum Gasteiger partial charge on any atom is 0.247 e. The van der Waals surface area contributed by atoms with Crippen molar-refractivity contribution in [2.75, 3.05) is 18.5 Å². The molecule has 0 saturated carbocycles. The van der Waals surface area contributed by atoms with Gasteiger partial charge in [0.25, 0.3) is 0 Å². The summed E-state index contributed by atoms with van der Waals surface area (Å²) < 4.78 is 13.3. The number of aromatic nitrogens is 2. The zero-order chi connectivity index (χ0) is 18.6. The van der Waals surface area contributed by atoms with Gasteiger partial charge < -0.3 is 19.4 Å². The Hall–Kier alpha value is -2.86. The third-order valence-corrected chi connectivity index (χ3v) is 4.84. The molecule has 2 atom stereocenters. The molecule has 1 saturated heterocycles.